The molecule has 5 nitrogen and oxygen atoms in total. The van der Waals surface area contributed by atoms with Gasteiger partial charge in [0, 0.05) is 18.0 Å². The number of benzene rings is 1. The number of morpholine rings is 1. The molecule has 25 heavy (non-hydrogen) atoms. The first-order valence-corrected chi connectivity index (χ1v) is 9.36. The van der Waals surface area contributed by atoms with Gasteiger partial charge in [0.15, 0.2) is 0 Å². The molecule has 2 aromatic heterocycles. The number of aromatic amines is 1. The predicted molar refractivity (Wildman–Crippen MR) is 101 cm³/mol. The lowest BCUT2D eigenvalue weighted by atomic mass is 10.2. The van der Waals surface area contributed by atoms with Crippen LogP contribution in [0.2, 0.25) is 0 Å². The van der Waals surface area contributed by atoms with E-state index in [4.69, 9.17) is 9.72 Å². The zero-order valence-electron chi connectivity index (χ0n) is 14.4. The molecule has 0 bridgehead atoms. The average molecular weight is 355 g/mol. The summed E-state index contributed by atoms with van der Waals surface area (Å²) in [7, 11) is 0. The maximum absolute atomic E-state index is 12.5. The Morgan fingerprint density at radius 2 is 1.96 bits per heavy atom. The van der Waals surface area contributed by atoms with E-state index in [9.17, 15) is 4.79 Å². The number of thiophene rings is 1. The van der Waals surface area contributed by atoms with E-state index < -0.39 is 0 Å². The van der Waals surface area contributed by atoms with Gasteiger partial charge in [-0.15, -0.1) is 11.3 Å². The van der Waals surface area contributed by atoms with Crippen molar-refractivity contribution in [2.75, 3.05) is 13.1 Å². The van der Waals surface area contributed by atoms with E-state index in [0.29, 0.717) is 11.9 Å². The van der Waals surface area contributed by atoms with Gasteiger partial charge in [0.1, 0.15) is 10.7 Å². The van der Waals surface area contributed by atoms with Crippen LogP contribution in [-0.4, -0.2) is 40.2 Å². The molecule has 3 aromatic rings. The Kier molecular flexibility index (Phi) is 4.41. The van der Waals surface area contributed by atoms with Crippen molar-refractivity contribution in [1.82, 2.24) is 14.9 Å². The fraction of sp³-hybridized carbons (Fsp3) is 0.368. The Balaban J connectivity index is 1.64. The summed E-state index contributed by atoms with van der Waals surface area (Å²) in [6, 6.07) is 12.0. The minimum absolute atomic E-state index is 0.0622. The van der Waals surface area contributed by atoms with Crippen LogP contribution in [0.4, 0.5) is 0 Å². The first-order valence-electron chi connectivity index (χ1n) is 8.54. The van der Waals surface area contributed by atoms with Crippen LogP contribution in [0.1, 0.15) is 19.7 Å². The molecule has 0 aliphatic carbocycles. The van der Waals surface area contributed by atoms with Gasteiger partial charge < -0.3 is 9.72 Å². The minimum atomic E-state index is -0.0622. The van der Waals surface area contributed by atoms with E-state index in [2.05, 4.69) is 35.9 Å². The summed E-state index contributed by atoms with van der Waals surface area (Å²) in [6.45, 7) is 6.50. The number of fused-ring (bicyclic) bond motifs is 1. The third-order valence-electron chi connectivity index (χ3n) is 4.38. The number of nitrogens with one attached hydrogen (secondary N) is 1. The van der Waals surface area contributed by atoms with Crippen molar-refractivity contribution in [3.63, 3.8) is 0 Å². The van der Waals surface area contributed by atoms with Crippen molar-refractivity contribution < 1.29 is 4.74 Å². The highest BCUT2D eigenvalue weighted by molar-refractivity contribution is 7.21. The summed E-state index contributed by atoms with van der Waals surface area (Å²) in [5, 5.41) is 0.663. The Morgan fingerprint density at radius 3 is 2.68 bits per heavy atom. The van der Waals surface area contributed by atoms with Gasteiger partial charge in [-0.25, -0.2) is 4.98 Å². The van der Waals surface area contributed by atoms with Gasteiger partial charge in [-0.05, 0) is 25.5 Å². The van der Waals surface area contributed by atoms with Gasteiger partial charge in [0.05, 0.1) is 24.1 Å². The molecule has 3 heterocycles. The van der Waals surface area contributed by atoms with Crippen LogP contribution in [0, 0.1) is 0 Å². The zero-order chi connectivity index (χ0) is 17.4. The summed E-state index contributed by atoms with van der Waals surface area (Å²) in [4.78, 5) is 24.3. The van der Waals surface area contributed by atoms with Crippen LogP contribution < -0.4 is 5.56 Å². The van der Waals surface area contributed by atoms with E-state index in [1.54, 1.807) is 11.3 Å². The van der Waals surface area contributed by atoms with Crippen molar-refractivity contribution in [3.05, 3.63) is 52.6 Å². The largest absolute Gasteiger partial charge is 0.373 e. The van der Waals surface area contributed by atoms with Crippen LogP contribution >= 0.6 is 11.3 Å². The third-order valence-corrected chi connectivity index (χ3v) is 5.46. The second-order valence-corrected chi connectivity index (χ2v) is 7.69. The maximum atomic E-state index is 12.5. The Labute approximate surface area is 150 Å². The number of nitrogens with zero attached hydrogens (tertiary/aromatic N) is 2. The summed E-state index contributed by atoms with van der Waals surface area (Å²) in [5.74, 6) is 0.722. The molecule has 1 N–H and O–H groups in total. The molecule has 0 spiro atoms. The molecule has 1 aliphatic heterocycles. The summed E-state index contributed by atoms with van der Waals surface area (Å²) < 4.78 is 5.77. The van der Waals surface area contributed by atoms with Gasteiger partial charge >= 0.3 is 0 Å². The molecule has 0 radical (unpaired) electrons. The molecule has 0 saturated carbocycles. The molecule has 1 aliphatic rings. The highest BCUT2D eigenvalue weighted by Gasteiger charge is 2.23. The second-order valence-electron chi connectivity index (χ2n) is 6.66. The third kappa shape index (κ3) is 3.51. The second kappa shape index (κ2) is 6.71. The number of hydrogen-bond donors (Lipinski definition) is 1. The van der Waals surface area contributed by atoms with Gasteiger partial charge in [0.2, 0.25) is 0 Å². The van der Waals surface area contributed by atoms with Crippen LogP contribution in [0.3, 0.4) is 0 Å². The molecular weight excluding hydrogens is 334 g/mol. The molecule has 2 atom stereocenters. The maximum Gasteiger partial charge on any atom is 0.259 e. The monoisotopic (exact) mass is 355 g/mol. The van der Waals surface area contributed by atoms with Gasteiger partial charge in [-0.2, -0.15) is 0 Å². The highest BCUT2D eigenvalue weighted by Crippen LogP contribution is 2.30. The highest BCUT2D eigenvalue weighted by atomic mass is 32.1. The van der Waals surface area contributed by atoms with Gasteiger partial charge in [-0.3, -0.25) is 9.69 Å². The van der Waals surface area contributed by atoms with Crippen LogP contribution in [-0.2, 0) is 11.3 Å². The Hall–Kier alpha value is -2.02. The Bertz CT molecular complexity index is 925. The van der Waals surface area contributed by atoms with E-state index in [1.165, 1.54) is 0 Å². The number of rotatable bonds is 3. The van der Waals surface area contributed by atoms with E-state index in [0.717, 1.165) is 34.2 Å². The molecule has 1 fully saturated rings. The first kappa shape index (κ1) is 16.4. The van der Waals surface area contributed by atoms with E-state index in [-0.39, 0.29) is 17.8 Å². The molecule has 130 valence electrons. The quantitative estimate of drug-likeness (QED) is 0.783. The normalized spacial score (nSPS) is 21.7. The van der Waals surface area contributed by atoms with Crippen LogP contribution in [0.5, 0.6) is 0 Å². The fourth-order valence-electron chi connectivity index (χ4n) is 3.42. The van der Waals surface area contributed by atoms with Crippen molar-refractivity contribution in [1.29, 1.82) is 0 Å². The smallest absolute Gasteiger partial charge is 0.259 e. The first-order chi connectivity index (χ1) is 12.1. The molecule has 4 rings (SSSR count). The molecule has 0 unspecified atom stereocenters. The van der Waals surface area contributed by atoms with E-state index in [1.807, 2.05) is 24.3 Å². The minimum Gasteiger partial charge on any atom is -0.373 e. The van der Waals surface area contributed by atoms with Gasteiger partial charge in [0.25, 0.3) is 5.56 Å². The van der Waals surface area contributed by atoms with Crippen LogP contribution in [0.25, 0.3) is 20.7 Å². The average Bonchev–Trinajstić information content (AvgIpc) is 2.99. The van der Waals surface area contributed by atoms with Crippen molar-refractivity contribution >= 4 is 21.6 Å². The summed E-state index contributed by atoms with van der Waals surface area (Å²) in [5.41, 5.74) is 1.05. The van der Waals surface area contributed by atoms with E-state index >= 15 is 0 Å². The lowest BCUT2D eigenvalue weighted by Crippen LogP contribution is -2.45. The Morgan fingerprint density at radius 1 is 1.24 bits per heavy atom. The predicted octanol–water partition coefficient (Wildman–Crippen LogP) is 3.26. The number of ether oxygens (including phenoxy) is 1. The standard InChI is InChI=1S/C19H21N3O2S/c1-12-9-22(10-13(2)24-12)11-17-20-18(23)15-8-16(25-19(15)21-17)14-6-4-3-5-7-14/h3-8,12-13H,9-11H2,1-2H3,(H,20,21,23)/t12-,13+. The molecular formula is C19H21N3O2S. The van der Waals surface area contributed by atoms with Crippen molar-refractivity contribution in [2.24, 2.45) is 0 Å². The number of H-pyrrole nitrogens is 1. The summed E-state index contributed by atoms with van der Waals surface area (Å²) >= 11 is 1.57. The topological polar surface area (TPSA) is 58.2 Å². The molecule has 1 aromatic carbocycles. The van der Waals surface area contributed by atoms with Crippen molar-refractivity contribution in [2.45, 2.75) is 32.6 Å². The molecule has 6 heteroatoms. The number of aromatic nitrogens is 2. The SMILES string of the molecule is C[C@@H]1CN(Cc2nc3sc(-c4ccccc4)cc3c(=O)[nH]2)C[C@H](C)O1. The van der Waals surface area contributed by atoms with Gasteiger partial charge in [-0.1, -0.05) is 30.3 Å². The summed E-state index contributed by atoms with van der Waals surface area (Å²) in [6.07, 6.45) is 0.399. The van der Waals surface area contributed by atoms with Crippen molar-refractivity contribution in [3.8, 4) is 10.4 Å². The lowest BCUT2D eigenvalue weighted by molar-refractivity contribution is -0.0710. The van der Waals surface area contributed by atoms with Crippen LogP contribution in [0.15, 0.2) is 41.2 Å². The zero-order valence-corrected chi connectivity index (χ0v) is 15.2. The molecule has 1 saturated heterocycles. The number of hydrogen-bond acceptors (Lipinski definition) is 5. The lowest BCUT2D eigenvalue weighted by Gasteiger charge is -2.34. The molecule has 0 amide bonds. The fourth-order valence-corrected chi connectivity index (χ4v) is 4.48.